The largest absolute Gasteiger partial charge is 0.323 e. The number of fused-ring (bicyclic) bond motifs is 1. The van der Waals surface area contributed by atoms with Crippen molar-refractivity contribution in [2.24, 2.45) is 0 Å². The lowest BCUT2D eigenvalue weighted by molar-refractivity contribution is 0.212. The standard InChI is InChI=1S/C15H14BrN3O/c1-10-5-6-14(17-7-10)18-15(20)19-8-11-3-2-4-13(16)12(11)9-19/h2-7H,8-9H2,1H3,(H,17,18,20). The molecule has 1 aliphatic heterocycles. The number of halogens is 1. The number of rotatable bonds is 1. The van der Waals surface area contributed by atoms with Gasteiger partial charge in [-0.3, -0.25) is 5.32 Å². The van der Waals surface area contributed by atoms with Crippen LogP contribution in [0.4, 0.5) is 10.6 Å². The molecule has 1 aliphatic rings. The molecule has 20 heavy (non-hydrogen) atoms. The third-order valence-electron chi connectivity index (χ3n) is 3.36. The highest BCUT2D eigenvalue weighted by Gasteiger charge is 2.24. The fourth-order valence-electron chi connectivity index (χ4n) is 2.25. The molecule has 1 aromatic carbocycles. The number of urea groups is 1. The van der Waals surface area contributed by atoms with Gasteiger partial charge in [0.05, 0.1) is 0 Å². The Morgan fingerprint density at radius 1 is 1.30 bits per heavy atom. The van der Waals surface area contributed by atoms with Gasteiger partial charge >= 0.3 is 6.03 Å². The van der Waals surface area contributed by atoms with E-state index >= 15 is 0 Å². The zero-order valence-corrected chi connectivity index (χ0v) is 12.6. The van der Waals surface area contributed by atoms with E-state index < -0.39 is 0 Å². The number of hydrogen-bond donors (Lipinski definition) is 1. The molecular formula is C15H14BrN3O. The molecule has 0 fully saturated rings. The summed E-state index contributed by atoms with van der Waals surface area (Å²) in [6, 6.07) is 9.67. The van der Waals surface area contributed by atoms with Crippen molar-refractivity contribution in [2.75, 3.05) is 5.32 Å². The summed E-state index contributed by atoms with van der Waals surface area (Å²) >= 11 is 3.53. The number of aromatic nitrogens is 1. The second-order valence-corrected chi connectivity index (χ2v) is 5.74. The van der Waals surface area contributed by atoms with Gasteiger partial charge in [0, 0.05) is 23.8 Å². The van der Waals surface area contributed by atoms with Crippen molar-refractivity contribution < 1.29 is 4.79 Å². The van der Waals surface area contributed by atoms with E-state index in [2.05, 4.69) is 32.3 Å². The molecule has 5 heteroatoms. The lowest BCUT2D eigenvalue weighted by atomic mass is 10.1. The van der Waals surface area contributed by atoms with Crippen molar-refractivity contribution in [1.82, 2.24) is 9.88 Å². The molecule has 1 N–H and O–H groups in total. The molecule has 2 aromatic rings. The van der Waals surface area contributed by atoms with Crippen LogP contribution in [-0.2, 0) is 13.1 Å². The Morgan fingerprint density at radius 3 is 2.85 bits per heavy atom. The van der Waals surface area contributed by atoms with Gasteiger partial charge < -0.3 is 4.90 Å². The van der Waals surface area contributed by atoms with Crippen LogP contribution in [0.1, 0.15) is 16.7 Å². The molecular weight excluding hydrogens is 318 g/mol. The average molecular weight is 332 g/mol. The first-order valence-corrected chi connectivity index (χ1v) is 7.17. The first kappa shape index (κ1) is 13.1. The highest BCUT2D eigenvalue weighted by Crippen LogP contribution is 2.29. The zero-order chi connectivity index (χ0) is 14.1. The Balaban J connectivity index is 1.71. The minimum atomic E-state index is -0.121. The summed E-state index contributed by atoms with van der Waals surface area (Å²) in [4.78, 5) is 18.2. The average Bonchev–Trinajstić information content (AvgIpc) is 2.87. The third kappa shape index (κ3) is 2.54. The van der Waals surface area contributed by atoms with Gasteiger partial charge in [-0.1, -0.05) is 34.1 Å². The van der Waals surface area contributed by atoms with Crippen LogP contribution in [0.5, 0.6) is 0 Å². The predicted molar refractivity (Wildman–Crippen MR) is 81.4 cm³/mol. The fraction of sp³-hybridized carbons (Fsp3) is 0.200. The van der Waals surface area contributed by atoms with Crippen LogP contribution in [-0.4, -0.2) is 15.9 Å². The smallest absolute Gasteiger partial charge is 0.316 e. The first-order chi connectivity index (χ1) is 9.63. The van der Waals surface area contributed by atoms with Gasteiger partial charge in [-0.05, 0) is 35.7 Å². The summed E-state index contributed by atoms with van der Waals surface area (Å²) in [7, 11) is 0. The molecule has 2 amide bonds. The van der Waals surface area contributed by atoms with Crippen molar-refractivity contribution in [2.45, 2.75) is 20.0 Å². The maximum atomic E-state index is 12.2. The SMILES string of the molecule is Cc1ccc(NC(=O)N2Cc3cccc(Br)c3C2)nc1. The van der Waals surface area contributed by atoms with Crippen LogP contribution in [0.3, 0.4) is 0 Å². The molecule has 4 nitrogen and oxygen atoms in total. The molecule has 0 spiro atoms. The number of nitrogens with one attached hydrogen (secondary N) is 1. The van der Waals surface area contributed by atoms with E-state index in [1.165, 1.54) is 11.1 Å². The van der Waals surface area contributed by atoms with E-state index in [0.717, 1.165) is 10.0 Å². The normalized spacial score (nSPS) is 13.2. The van der Waals surface area contributed by atoms with E-state index in [4.69, 9.17) is 0 Å². The molecule has 102 valence electrons. The molecule has 0 bridgehead atoms. The van der Waals surface area contributed by atoms with Crippen LogP contribution >= 0.6 is 15.9 Å². The summed E-state index contributed by atoms with van der Waals surface area (Å²) in [5, 5.41) is 2.83. The molecule has 0 radical (unpaired) electrons. The van der Waals surface area contributed by atoms with Gasteiger partial charge in [0.25, 0.3) is 0 Å². The topological polar surface area (TPSA) is 45.2 Å². The minimum absolute atomic E-state index is 0.121. The molecule has 0 unspecified atom stereocenters. The van der Waals surface area contributed by atoms with E-state index in [9.17, 15) is 4.79 Å². The summed E-state index contributed by atoms with van der Waals surface area (Å²) in [6.07, 6.45) is 1.74. The number of nitrogens with zero attached hydrogens (tertiary/aromatic N) is 2. The van der Waals surface area contributed by atoms with Gasteiger partial charge in [-0.15, -0.1) is 0 Å². The molecule has 2 heterocycles. The van der Waals surface area contributed by atoms with Gasteiger partial charge in [0.2, 0.25) is 0 Å². The van der Waals surface area contributed by atoms with Crippen LogP contribution < -0.4 is 5.32 Å². The molecule has 3 rings (SSSR count). The van der Waals surface area contributed by atoms with Crippen molar-refractivity contribution >= 4 is 27.8 Å². The Morgan fingerprint density at radius 2 is 2.15 bits per heavy atom. The van der Waals surface area contributed by atoms with E-state index in [1.807, 2.05) is 31.2 Å². The predicted octanol–water partition coefficient (Wildman–Crippen LogP) is 3.70. The maximum absolute atomic E-state index is 12.2. The third-order valence-corrected chi connectivity index (χ3v) is 4.10. The first-order valence-electron chi connectivity index (χ1n) is 6.38. The van der Waals surface area contributed by atoms with Crippen molar-refractivity contribution in [1.29, 1.82) is 0 Å². The summed E-state index contributed by atoms with van der Waals surface area (Å²) < 4.78 is 1.05. The monoisotopic (exact) mass is 331 g/mol. The Hall–Kier alpha value is -1.88. The second kappa shape index (κ2) is 5.25. The number of aryl methyl sites for hydroxylation is 1. The number of carbonyl (C=O) groups is 1. The van der Waals surface area contributed by atoms with Crippen LogP contribution in [0.2, 0.25) is 0 Å². The van der Waals surface area contributed by atoms with Crippen LogP contribution in [0.15, 0.2) is 41.0 Å². The molecule has 0 saturated heterocycles. The maximum Gasteiger partial charge on any atom is 0.323 e. The van der Waals surface area contributed by atoms with Gasteiger partial charge in [-0.25, -0.2) is 9.78 Å². The number of anilines is 1. The van der Waals surface area contributed by atoms with E-state index in [-0.39, 0.29) is 6.03 Å². The Kier molecular flexibility index (Phi) is 3.44. The minimum Gasteiger partial charge on any atom is -0.316 e. The van der Waals surface area contributed by atoms with Gasteiger partial charge in [0.1, 0.15) is 5.82 Å². The van der Waals surface area contributed by atoms with Gasteiger partial charge in [-0.2, -0.15) is 0 Å². The molecule has 0 saturated carbocycles. The summed E-state index contributed by atoms with van der Waals surface area (Å²) in [6.45, 7) is 3.22. The van der Waals surface area contributed by atoms with E-state index in [1.54, 1.807) is 11.1 Å². The van der Waals surface area contributed by atoms with Crippen LogP contribution in [0, 0.1) is 6.92 Å². The quantitative estimate of drug-likeness (QED) is 0.865. The zero-order valence-electron chi connectivity index (χ0n) is 11.1. The highest BCUT2D eigenvalue weighted by atomic mass is 79.9. The van der Waals surface area contributed by atoms with Crippen LogP contribution in [0.25, 0.3) is 0 Å². The number of hydrogen-bond acceptors (Lipinski definition) is 2. The second-order valence-electron chi connectivity index (χ2n) is 4.88. The lowest BCUT2D eigenvalue weighted by Crippen LogP contribution is -2.30. The summed E-state index contributed by atoms with van der Waals surface area (Å²) in [5.41, 5.74) is 3.44. The fourth-order valence-corrected chi connectivity index (χ4v) is 2.79. The Labute approximate surface area is 126 Å². The number of pyridine rings is 1. The number of amides is 2. The van der Waals surface area contributed by atoms with Crippen molar-refractivity contribution in [3.8, 4) is 0 Å². The number of carbonyl (C=O) groups excluding carboxylic acids is 1. The van der Waals surface area contributed by atoms with Gasteiger partial charge in [0.15, 0.2) is 0 Å². The number of benzene rings is 1. The Bertz CT molecular complexity index is 655. The summed E-state index contributed by atoms with van der Waals surface area (Å²) in [5.74, 6) is 0.579. The molecule has 0 aliphatic carbocycles. The van der Waals surface area contributed by atoms with E-state index in [0.29, 0.717) is 18.9 Å². The van der Waals surface area contributed by atoms with Crippen molar-refractivity contribution in [3.05, 3.63) is 57.7 Å². The molecule has 0 atom stereocenters. The lowest BCUT2D eigenvalue weighted by Gasteiger charge is -2.16. The molecule has 1 aromatic heterocycles. The van der Waals surface area contributed by atoms with Crippen molar-refractivity contribution in [3.63, 3.8) is 0 Å². The highest BCUT2D eigenvalue weighted by molar-refractivity contribution is 9.10.